The van der Waals surface area contributed by atoms with Crippen LogP contribution in [0.5, 0.6) is 0 Å². The normalized spacial score (nSPS) is 18.9. The molecule has 3 heterocycles. The third kappa shape index (κ3) is 3.47. The highest BCUT2D eigenvalue weighted by Gasteiger charge is 2.41. The zero-order valence-electron chi connectivity index (χ0n) is 15.8. The topological polar surface area (TPSA) is 60.9 Å². The van der Waals surface area contributed by atoms with Crippen LogP contribution in [0, 0.1) is 0 Å². The Morgan fingerprint density at radius 2 is 1.75 bits per heavy atom. The first-order chi connectivity index (χ1) is 13.6. The molecule has 3 amide bonds. The predicted molar refractivity (Wildman–Crippen MR) is 107 cm³/mol. The number of fused-ring (bicyclic) bond motifs is 1. The van der Waals surface area contributed by atoms with E-state index in [9.17, 15) is 14.4 Å². The van der Waals surface area contributed by atoms with Crippen molar-refractivity contribution in [2.75, 3.05) is 26.2 Å². The Labute approximate surface area is 168 Å². The van der Waals surface area contributed by atoms with E-state index in [1.54, 1.807) is 47.4 Å². The molecule has 1 aromatic carbocycles. The van der Waals surface area contributed by atoms with Gasteiger partial charge in [0.2, 0.25) is 5.91 Å². The van der Waals surface area contributed by atoms with Crippen LogP contribution < -0.4 is 0 Å². The molecule has 0 radical (unpaired) electrons. The number of hydrogen-bond donors (Lipinski definition) is 0. The molecule has 2 aliphatic heterocycles. The molecule has 146 valence electrons. The molecule has 4 rings (SSSR count). The van der Waals surface area contributed by atoms with Crippen LogP contribution in [0.15, 0.2) is 41.1 Å². The van der Waals surface area contributed by atoms with Gasteiger partial charge < -0.3 is 4.90 Å². The number of imide groups is 1. The molecule has 1 saturated heterocycles. The molecular weight excluding hydrogens is 374 g/mol. The smallest absolute Gasteiger partial charge is 0.262 e. The largest absolute Gasteiger partial charge is 0.340 e. The minimum Gasteiger partial charge on any atom is -0.340 e. The van der Waals surface area contributed by atoms with Crippen molar-refractivity contribution >= 4 is 29.1 Å². The van der Waals surface area contributed by atoms with Crippen molar-refractivity contribution in [3.8, 4) is 0 Å². The molecule has 1 fully saturated rings. The number of rotatable bonds is 4. The fraction of sp³-hybridized carbons (Fsp3) is 0.381. The van der Waals surface area contributed by atoms with Crippen LogP contribution in [-0.4, -0.2) is 64.6 Å². The van der Waals surface area contributed by atoms with Gasteiger partial charge in [-0.1, -0.05) is 12.1 Å². The third-order valence-electron chi connectivity index (χ3n) is 5.46. The van der Waals surface area contributed by atoms with Crippen molar-refractivity contribution in [3.05, 3.63) is 57.8 Å². The lowest BCUT2D eigenvalue weighted by Gasteiger charge is -2.28. The molecule has 28 heavy (non-hydrogen) atoms. The predicted octanol–water partition coefficient (Wildman–Crippen LogP) is 2.47. The van der Waals surface area contributed by atoms with Crippen LogP contribution >= 0.6 is 11.3 Å². The number of hydrogen-bond acceptors (Lipinski definition) is 5. The Hall–Kier alpha value is -2.51. The van der Waals surface area contributed by atoms with Crippen molar-refractivity contribution in [3.63, 3.8) is 0 Å². The summed E-state index contributed by atoms with van der Waals surface area (Å²) in [5, 5.41) is 4.23. The molecule has 1 atom stereocenters. The summed E-state index contributed by atoms with van der Waals surface area (Å²) >= 11 is 1.69. The van der Waals surface area contributed by atoms with E-state index in [-0.39, 0.29) is 17.7 Å². The maximum atomic E-state index is 13.1. The highest BCUT2D eigenvalue weighted by Crippen LogP contribution is 2.25. The average molecular weight is 398 g/mol. The average Bonchev–Trinajstić information content (AvgIpc) is 3.21. The molecule has 1 aromatic heterocycles. The lowest BCUT2D eigenvalue weighted by molar-refractivity contribution is -0.134. The van der Waals surface area contributed by atoms with Gasteiger partial charge in [-0.25, -0.2) is 0 Å². The molecule has 2 aromatic rings. The molecular formula is C21H23N3O3S. The van der Waals surface area contributed by atoms with Crippen molar-refractivity contribution in [1.82, 2.24) is 14.7 Å². The fourth-order valence-electron chi connectivity index (χ4n) is 3.92. The number of carbonyl (C=O) groups is 3. The Kier molecular flexibility index (Phi) is 5.28. The van der Waals surface area contributed by atoms with E-state index < -0.39 is 6.04 Å². The molecule has 0 N–H and O–H groups in total. The summed E-state index contributed by atoms with van der Waals surface area (Å²) in [6.07, 6.45) is 0.880. The van der Waals surface area contributed by atoms with Crippen LogP contribution in [0.3, 0.4) is 0 Å². The van der Waals surface area contributed by atoms with Gasteiger partial charge in [-0.3, -0.25) is 24.2 Å². The molecule has 0 aliphatic carbocycles. The fourth-order valence-corrected chi connectivity index (χ4v) is 4.58. The van der Waals surface area contributed by atoms with Gasteiger partial charge in [0.25, 0.3) is 11.8 Å². The van der Waals surface area contributed by atoms with Gasteiger partial charge in [-0.05, 0) is 47.9 Å². The van der Waals surface area contributed by atoms with E-state index in [4.69, 9.17) is 0 Å². The van der Waals surface area contributed by atoms with Crippen LogP contribution in [0.1, 0.15) is 39.6 Å². The Bertz CT molecular complexity index is 861. The van der Waals surface area contributed by atoms with Crippen molar-refractivity contribution in [1.29, 1.82) is 0 Å². The van der Waals surface area contributed by atoms with E-state index in [1.807, 2.05) is 0 Å². The molecule has 2 aliphatic rings. The van der Waals surface area contributed by atoms with Crippen molar-refractivity contribution in [2.45, 2.75) is 25.9 Å². The first kappa shape index (κ1) is 18.8. The van der Waals surface area contributed by atoms with E-state index >= 15 is 0 Å². The zero-order chi connectivity index (χ0) is 19.7. The van der Waals surface area contributed by atoms with Gasteiger partial charge in [0, 0.05) is 32.7 Å². The summed E-state index contributed by atoms with van der Waals surface area (Å²) < 4.78 is 0. The second kappa shape index (κ2) is 7.85. The quantitative estimate of drug-likeness (QED) is 0.744. The van der Waals surface area contributed by atoms with E-state index in [1.165, 1.54) is 5.56 Å². The summed E-state index contributed by atoms with van der Waals surface area (Å²) in [4.78, 5) is 43.6. The molecule has 0 saturated carbocycles. The van der Waals surface area contributed by atoms with Crippen LogP contribution in [-0.2, 0) is 11.3 Å². The van der Waals surface area contributed by atoms with Gasteiger partial charge in [-0.2, -0.15) is 11.3 Å². The molecule has 7 heteroatoms. The minimum atomic E-state index is -0.796. The van der Waals surface area contributed by atoms with Gasteiger partial charge in [-0.15, -0.1) is 0 Å². The molecule has 0 spiro atoms. The number of benzene rings is 1. The maximum Gasteiger partial charge on any atom is 0.262 e. The van der Waals surface area contributed by atoms with Gasteiger partial charge in [0.1, 0.15) is 6.04 Å². The van der Waals surface area contributed by atoms with Gasteiger partial charge >= 0.3 is 0 Å². The van der Waals surface area contributed by atoms with E-state index in [2.05, 4.69) is 21.7 Å². The van der Waals surface area contributed by atoms with Crippen molar-refractivity contribution < 1.29 is 14.4 Å². The first-order valence-electron chi connectivity index (χ1n) is 9.55. The summed E-state index contributed by atoms with van der Waals surface area (Å²) in [6.45, 7) is 5.51. The van der Waals surface area contributed by atoms with E-state index in [0.29, 0.717) is 24.2 Å². The molecule has 6 nitrogen and oxygen atoms in total. The third-order valence-corrected chi connectivity index (χ3v) is 6.19. The first-order valence-corrected chi connectivity index (χ1v) is 10.5. The highest BCUT2D eigenvalue weighted by molar-refractivity contribution is 7.07. The van der Waals surface area contributed by atoms with Crippen LogP contribution in [0.2, 0.25) is 0 Å². The maximum absolute atomic E-state index is 13.1. The monoisotopic (exact) mass is 397 g/mol. The van der Waals surface area contributed by atoms with Crippen LogP contribution in [0.25, 0.3) is 0 Å². The Morgan fingerprint density at radius 3 is 2.39 bits per heavy atom. The molecule has 0 bridgehead atoms. The Morgan fingerprint density at radius 1 is 1.04 bits per heavy atom. The SMILES string of the molecule is CC(C(=O)N1CCCN(Cc2ccsc2)CC1)N1C(=O)c2ccccc2C1=O. The number of carbonyl (C=O) groups excluding carboxylic acids is 3. The number of amides is 3. The Balaban J connectivity index is 1.42. The summed E-state index contributed by atoms with van der Waals surface area (Å²) in [7, 11) is 0. The summed E-state index contributed by atoms with van der Waals surface area (Å²) in [5.41, 5.74) is 2.05. The van der Waals surface area contributed by atoms with Gasteiger partial charge in [0.05, 0.1) is 11.1 Å². The number of thiophene rings is 1. The summed E-state index contributed by atoms with van der Waals surface area (Å²) in [6, 6.07) is 8.08. The lowest BCUT2D eigenvalue weighted by Crippen LogP contribution is -2.50. The molecule has 1 unspecified atom stereocenters. The van der Waals surface area contributed by atoms with Crippen LogP contribution in [0.4, 0.5) is 0 Å². The van der Waals surface area contributed by atoms with E-state index in [0.717, 1.165) is 31.0 Å². The van der Waals surface area contributed by atoms with Crippen molar-refractivity contribution in [2.24, 2.45) is 0 Å². The standard InChI is InChI=1S/C21H23N3O3S/c1-15(24-20(26)17-5-2-3-6-18(17)21(24)27)19(25)23-9-4-8-22(10-11-23)13-16-7-12-28-14-16/h2-3,5-7,12,14-15H,4,8-11,13H2,1H3. The number of nitrogens with zero attached hydrogens (tertiary/aromatic N) is 3. The zero-order valence-corrected chi connectivity index (χ0v) is 16.7. The lowest BCUT2D eigenvalue weighted by atomic mass is 10.1. The highest BCUT2D eigenvalue weighted by atomic mass is 32.1. The second-order valence-corrected chi connectivity index (χ2v) is 8.07. The summed E-state index contributed by atoms with van der Waals surface area (Å²) in [5.74, 6) is -0.919. The minimum absolute atomic E-state index is 0.160. The van der Waals surface area contributed by atoms with Gasteiger partial charge in [0.15, 0.2) is 0 Å². The second-order valence-electron chi connectivity index (χ2n) is 7.29.